The van der Waals surface area contributed by atoms with E-state index in [1.54, 1.807) is 11.8 Å². The first-order valence-corrected chi connectivity index (χ1v) is 9.64. The van der Waals surface area contributed by atoms with E-state index in [4.69, 9.17) is 24.4 Å². The third-order valence-corrected chi connectivity index (χ3v) is 5.36. The van der Waals surface area contributed by atoms with Gasteiger partial charge in [0.05, 0.1) is 0 Å². The number of hydrazine groups is 1. The van der Waals surface area contributed by atoms with E-state index in [-0.39, 0.29) is 0 Å². The quantitative estimate of drug-likeness (QED) is 0.285. The zero-order valence-electron chi connectivity index (χ0n) is 12.8. The molecule has 0 spiro atoms. The Bertz CT molecular complexity index is 632. The van der Waals surface area contributed by atoms with Crippen molar-refractivity contribution < 1.29 is 0 Å². The van der Waals surface area contributed by atoms with E-state index in [0.717, 1.165) is 18.0 Å². The molecule has 1 aromatic carbocycles. The molecule has 1 aromatic rings. The lowest BCUT2D eigenvalue weighted by atomic mass is 10.0. The average Bonchev–Trinajstić information content (AvgIpc) is 3.16. The van der Waals surface area contributed by atoms with E-state index in [1.807, 2.05) is 18.4 Å². The highest BCUT2D eigenvalue weighted by molar-refractivity contribution is 7.98. The number of allylic oxidation sites excluding steroid dienone is 1. The summed E-state index contributed by atoms with van der Waals surface area (Å²) in [7, 11) is 0. The van der Waals surface area contributed by atoms with Crippen LogP contribution in [0.25, 0.3) is 0 Å². The fourth-order valence-corrected chi connectivity index (χ4v) is 3.96. The number of anilines is 1. The third kappa shape index (κ3) is 4.37. The maximum atomic E-state index is 5.33. The van der Waals surface area contributed by atoms with Crippen molar-refractivity contribution in [2.24, 2.45) is 11.8 Å². The fraction of sp³-hybridized carbons (Fsp3) is 0.375. The summed E-state index contributed by atoms with van der Waals surface area (Å²) < 4.78 is 0. The monoisotopic (exact) mass is 364 g/mol. The molecule has 0 aliphatic heterocycles. The van der Waals surface area contributed by atoms with Crippen molar-refractivity contribution in [3.05, 3.63) is 36.4 Å². The van der Waals surface area contributed by atoms with Crippen molar-refractivity contribution in [2.45, 2.75) is 23.8 Å². The summed E-state index contributed by atoms with van der Waals surface area (Å²) in [6.45, 7) is 0. The van der Waals surface area contributed by atoms with Gasteiger partial charge in [0.1, 0.15) is 0 Å². The van der Waals surface area contributed by atoms with Crippen molar-refractivity contribution >= 4 is 52.1 Å². The van der Waals surface area contributed by atoms with Crippen molar-refractivity contribution in [1.82, 2.24) is 16.2 Å². The summed E-state index contributed by atoms with van der Waals surface area (Å²) in [4.78, 5) is 1.19. The van der Waals surface area contributed by atoms with Crippen molar-refractivity contribution in [3.63, 3.8) is 0 Å². The zero-order chi connectivity index (χ0) is 16.2. The highest BCUT2D eigenvalue weighted by Gasteiger charge is 2.35. The van der Waals surface area contributed by atoms with Gasteiger partial charge in [-0.25, -0.2) is 0 Å². The van der Waals surface area contributed by atoms with Crippen molar-refractivity contribution in [3.8, 4) is 0 Å². The van der Waals surface area contributed by atoms with Crippen molar-refractivity contribution in [2.75, 3.05) is 11.6 Å². The molecular formula is C16H20N4S3. The molecule has 4 N–H and O–H groups in total. The largest absolute Gasteiger partial charge is 0.358 e. The van der Waals surface area contributed by atoms with E-state index in [0.29, 0.717) is 22.2 Å². The van der Waals surface area contributed by atoms with Gasteiger partial charge in [0.2, 0.25) is 0 Å². The fourth-order valence-electron chi connectivity index (χ4n) is 3.13. The lowest BCUT2D eigenvalue weighted by Gasteiger charge is -2.22. The number of rotatable bonds is 3. The summed E-state index contributed by atoms with van der Waals surface area (Å²) in [5.41, 5.74) is 6.84. The van der Waals surface area contributed by atoms with Crippen LogP contribution in [0.1, 0.15) is 12.8 Å². The Kier molecular flexibility index (Phi) is 5.40. The van der Waals surface area contributed by atoms with Gasteiger partial charge in [0.15, 0.2) is 10.2 Å². The molecule has 3 atom stereocenters. The first kappa shape index (κ1) is 16.5. The Balaban J connectivity index is 1.41. The number of benzene rings is 1. The Morgan fingerprint density at radius 3 is 2.65 bits per heavy atom. The van der Waals surface area contributed by atoms with Gasteiger partial charge in [-0.1, -0.05) is 18.2 Å². The van der Waals surface area contributed by atoms with Crippen LogP contribution in [-0.2, 0) is 0 Å². The topological polar surface area (TPSA) is 48.1 Å². The lowest BCUT2D eigenvalue weighted by molar-refractivity contribution is 0.518. The zero-order valence-corrected chi connectivity index (χ0v) is 15.3. The summed E-state index contributed by atoms with van der Waals surface area (Å²) in [6.07, 6.45) is 9.07. The number of nitrogens with one attached hydrogen (secondary N) is 4. The number of fused-ring (bicyclic) bond motifs is 2. The second-order valence-electron chi connectivity index (χ2n) is 5.80. The van der Waals surface area contributed by atoms with Crippen LogP contribution in [0.15, 0.2) is 41.3 Å². The molecule has 23 heavy (non-hydrogen) atoms. The van der Waals surface area contributed by atoms with Crippen LogP contribution < -0.4 is 21.5 Å². The van der Waals surface area contributed by atoms with Gasteiger partial charge in [-0.15, -0.1) is 11.8 Å². The van der Waals surface area contributed by atoms with Crippen LogP contribution in [0.2, 0.25) is 0 Å². The van der Waals surface area contributed by atoms with Gasteiger partial charge >= 0.3 is 0 Å². The number of hydrogen-bond acceptors (Lipinski definition) is 3. The van der Waals surface area contributed by atoms with Crippen LogP contribution in [0.4, 0.5) is 5.69 Å². The Hall–Kier alpha value is -1.31. The van der Waals surface area contributed by atoms with Gasteiger partial charge in [-0.05, 0) is 73.6 Å². The average molecular weight is 365 g/mol. The third-order valence-electron chi connectivity index (χ3n) is 4.21. The molecule has 2 bridgehead atoms. The molecule has 0 amide bonds. The summed E-state index contributed by atoms with van der Waals surface area (Å²) >= 11 is 12.3. The minimum atomic E-state index is 0.437. The first-order valence-electron chi connectivity index (χ1n) is 7.60. The number of hydrogen-bond donors (Lipinski definition) is 4. The minimum absolute atomic E-state index is 0.437. The predicted octanol–water partition coefficient (Wildman–Crippen LogP) is 3.04. The molecule has 1 saturated carbocycles. The molecule has 7 heteroatoms. The standard InChI is InChI=1S/C16H20N4S3/c1-23-13-4-2-3-12(9-13)17-15(21)19-20-16(22)18-14-8-10-5-6-11(14)7-10/h2-6,9-11,14H,7-8H2,1H3,(H2,17,19,21)(H2,18,20,22)/t10-,11-,14+/m1/s1. The molecule has 4 nitrogen and oxygen atoms in total. The molecule has 3 rings (SSSR count). The van der Waals surface area contributed by atoms with Crippen LogP contribution in [0, 0.1) is 11.8 Å². The first-order chi connectivity index (χ1) is 11.1. The van der Waals surface area contributed by atoms with E-state index >= 15 is 0 Å². The Labute approximate surface area is 151 Å². The molecule has 1 fully saturated rings. The minimum Gasteiger partial charge on any atom is -0.358 e. The predicted molar refractivity (Wildman–Crippen MR) is 106 cm³/mol. The Morgan fingerprint density at radius 2 is 1.96 bits per heavy atom. The highest BCUT2D eigenvalue weighted by Crippen LogP contribution is 2.38. The maximum Gasteiger partial charge on any atom is 0.189 e. The molecule has 122 valence electrons. The van der Waals surface area contributed by atoms with Crippen LogP contribution in [0.3, 0.4) is 0 Å². The lowest BCUT2D eigenvalue weighted by Crippen LogP contribution is -2.51. The number of thiocarbonyl (C=S) groups is 2. The highest BCUT2D eigenvalue weighted by atomic mass is 32.2. The maximum absolute atomic E-state index is 5.33. The van der Waals surface area contributed by atoms with Crippen LogP contribution >= 0.6 is 36.2 Å². The van der Waals surface area contributed by atoms with Gasteiger partial charge in [0, 0.05) is 16.6 Å². The van der Waals surface area contributed by atoms with Crippen molar-refractivity contribution in [1.29, 1.82) is 0 Å². The summed E-state index contributed by atoms with van der Waals surface area (Å²) in [5.74, 6) is 1.33. The molecule has 0 heterocycles. The van der Waals surface area contributed by atoms with E-state index < -0.39 is 0 Å². The van der Waals surface area contributed by atoms with Crippen LogP contribution in [0.5, 0.6) is 0 Å². The van der Waals surface area contributed by atoms with Gasteiger partial charge in [-0.3, -0.25) is 10.9 Å². The normalized spacial score (nSPS) is 24.3. The van der Waals surface area contributed by atoms with Gasteiger partial charge in [-0.2, -0.15) is 0 Å². The number of thioether (sulfide) groups is 1. The second kappa shape index (κ2) is 7.51. The second-order valence-corrected chi connectivity index (χ2v) is 7.49. The van der Waals surface area contributed by atoms with Gasteiger partial charge < -0.3 is 10.6 Å². The van der Waals surface area contributed by atoms with E-state index in [2.05, 4.69) is 45.8 Å². The SMILES string of the molecule is CSc1cccc(NC(=S)NNC(=S)N[C@H]2C[C@@H]3C=C[C@@H]2C3)c1. The Morgan fingerprint density at radius 1 is 1.13 bits per heavy atom. The summed E-state index contributed by atoms with van der Waals surface area (Å²) in [5, 5.41) is 7.57. The molecular weight excluding hydrogens is 344 g/mol. The van der Waals surface area contributed by atoms with Crippen LogP contribution in [-0.4, -0.2) is 22.5 Å². The smallest absolute Gasteiger partial charge is 0.189 e. The molecule has 2 aliphatic carbocycles. The molecule has 0 aromatic heterocycles. The molecule has 0 unspecified atom stereocenters. The van der Waals surface area contributed by atoms with Gasteiger partial charge in [0.25, 0.3) is 0 Å². The molecule has 0 saturated heterocycles. The van der Waals surface area contributed by atoms with E-state index in [9.17, 15) is 0 Å². The summed E-state index contributed by atoms with van der Waals surface area (Å²) in [6, 6.07) is 8.53. The van der Waals surface area contributed by atoms with E-state index in [1.165, 1.54) is 11.3 Å². The molecule has 2 aliphatic rings. The molecule has 0 radical (unpaired) electrons.